The molecule has 1 aliphatic carbocycles. The van der Waals surface area contributed by atoms with Gasteiger partial charge < -0.3 is 15.8 Å². The fourth-order valence-electron chi connectivity index (χ4n) is 2.92. The van der Waals surface area contributed by atoms with E-state index in [1.54, 1.807) is 0 Å². The van der Waals surface area contributed by atoms with Gasteiger partial charge in [-0.25, -0.2) is 4.79 Å². The Balaban J connectivity index is 1.93. The van der Waals surface area contributed by atoms with Gasteiger partial charge in [-0.15, -0.1) is 0 Å². The molecule has 0 saturated carbocycles. The number of nitrogens with two attached hydrogens (primary N) is 1. The number of aryl methyl sites for hydroxylation is 1. The summed E-state index contributed by atoms with van der Waals surface area (Å²) in [5.41, 5.74) is 8.16. The molecule has 1 aromatic carbocycles. The van der Waals surface area contributed by atoms with E-state index in [4.69, 9.17) is 10.5 Å². The lowest BCUT2D eigenvalue weighted by molar-refractivity contribution is 0.0502. The zero-order valence-electron chi connectivity index (χ0n) is 13.2. The number of rotatable bonds is 4. The summed E-state index contributed by atoms with van der Waals surface area (Å²) < 4.78 is 5.30. The van der Waals surface area contributed by atoms with Gasteiger partial charge in [-0.05, 0) is 57.1 Å². The van der Waals surface area contributed by atoms with Crippen LogP contribution >= 0.6 is 0 Å². The second kappa shape index (κ2) is 6.48. The molecule has 1 aliphatic rings. The normalized spacial score (nSPS) is 19.0. The first kappa shape index (κ1) is 15.8. The minimum absolute atomic E-state index is 0.0454. The molecule has 1 amide bonds. The van der Waals surface area contributed by atoms with E-state index in [1.807, 2.05) is 20.8 Å². The minimum Gasteiger partial charge on any atom is -0.444 e. The Kier molecular flexibility index (Phi) is 4.88. The van der Waals surface area contributed by atoms with Gasteiger partial charge >= 0.3 is 6.09 Å². The summed E-state index contributed by atoms with van der Waals surface area (Å²) in [4.78, 5) is 11.9. The van der Waals surface area contributed by atoms with Crippen LogP contribution in [0.2, 0.25) is 0 Å². The van der Waals surface area contributed by atoms with Gasteiger partial charge in [-0.2, -0.15) is 0 Å². The fraction of sp³-hybridized carbons (Fsp3) is 0.588. The SMILES string of the molecule is CC(C)(C)OC(=O)NC(CN)CC1CCc2ccccc21. The number of fused-ring (bicyclic) bond motifs is 1. The molecule has 0 saturated heterocycles. The third-order valence-corrected chi connectivity index (χ3v) is 3.83. The van der Waals surface area contributed by atoms with E-state index in [9.17, 15) is 4.79 Å². The molecule has 2 unspecified atom stereocenters. The Hall–Kier alpha value is -1.55. The van der Waals surface area contributed by atoms with Gasteiger partial charge in [0, 0.05) is 12.6 Å². The van der Waals surface area contributed by atoms with Crippen molar-refractivity contribution in [2.24, 2.45) is 5.73 Å². The molecule has 4 nitrogen and oxygen atoms in total. The van der Waals surface area contributed by atoms with Crippen LogP contribution in [0.5, 0.6) is 0 Å². The second-order valence-corrected chi connectivity index (χ2v) is 6.75. The zero-order valence-corrected chi connectivity index (χ0v) is 13.2. The summed E-state index contributed by atoms with van der Waals surface area (Å²) in [6.07, 6.45) is 2.73. The predicted octanol–water partition coefficient (Wildman–Crippen LogP) is 2.96. The van der Waals surface area contributed by atoms with E-state index in [0.717, 1.165) is 19.3 Å². The van der Waals surface area contributed by atoms with Crippen molar-refractivity contribution in [2.75, 3.05) is 6.54 Å². The lowest BCUT2D eigenvalue weighted by Crippen LogP contribution is -2.43. The van der Waals surface area contributed by atoms with Gasteiger partial charge in [-0.3, -0.25) is 0 Å². The smallest absolute Gasteiger partial charge is 0.407 e. The van der Waals surface area contributed by atoms with Crippen molar-refractivity contribution in [3.8, 4) is 0 Å². The van der Waals surface area contributed by atoms with Crippen LogP contribution in [0, 0.1) is 0 Å². The molecule has 1 aromatic rings. The van der Waals surface area contributed by atoms with Crippen molar-refractivity contribution in [1.82, 2.24) is 5.32 Å². The summed E-state index contributed by atoms with van der Waals surface area (Å²) >= 11 is 0. The van der Waals surface area contributed by atoms with Crippen LogP contribution < -0.4 is 11.1 Å². The monoisotopic (exact) mass is 290 g/mol. The van der Waals surface area contributed by atoms with E-state index in [1.165, 1.54) is 11.1 Å². The highest BCUT2D eigenvalue weighted by atomic mass is 16.6. The Morgan fingerprint density at radius 2 is 2.14 bits per heavy atom. The van der Waals surface area contributed by atoms with E-state index in [-0.39, 0.29) is 12.1 Å². The number of alkyl carbamates (subject to hydrolysis) is 1. The number of amides is 1. The lowest BCUT2D eigenvalue weighted by atomic mass is 9.94. The third kappa shape index (κ3) is 4.46. The Bertz CT molecular complexity index is 494. The van der Waals surface area contributed by atoms with Crippen LogP contribution in [-0.4, -0.2) is 24.3 Å². The molecule has 116 valence electrons. The van der Waals surface area contributed by atoms with Crippen molar-refractivity contribution < 1.29 is 9.53 Å². The van der Waals surface area contributed by atoms with E-state index >= 15 is 0 Å². The molecule has 0 radical (unpaired) electrons. The van der Waals surface area contributed by atoms with Crippen molar-refractivity contribution >= 4 is 6.09 Å². The Labute approximate surface area is 127 Å². The first-order valence-electron chi connectivity index (χ1n) is 7.66. The molecule has 0 spiro atoms. The molecular weight excluding hydrogens is 264 g/mol. The van der Waals surface area contributed by atoms with Gasteiger partial charge in [0.05, 0.1) is 0 Å². The number of nitrogens with one attached hydrogen (secondary N) is 1. The quantitative estimate of drug-likeness (QED) is 0.896. The number of benzene rings is 1. The lowest BCUT2D eigenvalue weighted by Gasteiger charge is -2.24. The average Bonchev–Trinajstić information content (AvgIpc) is 2.79. The van der Waals surface area contributed by atoms with Crippen molar-refractivity contribution in [3.05, 3.63) is 35.4 Å². The Morgan fingerprint density at radius 3 is 2.81 bits per heavy atom. The molecule has 0 heterocycles. The minimum atomic E-state index is -0.483. The van der Waals surface area contributed by atoms with Crippen LogP contribution in [0.1, 0.15) is 50.7 Å². The number of hydrogen-bond acceptors (Lipinski definition) is 3. The maximum atomic E-state index is 11.9. The van der Waals surface area contributed by atoms with Gasteiger partial charge in [0.1, 0.15) is 5.60 Å². The van der Waals surface area contributed by atoms with E-state index in [2.05, 4.69) is 29.6 Å². The van der Waals surface area contributed by atoms with Crippen molar-refractivity contribution in [2.45, 2.75) is 57.6 Å². The summed E-state index contributed by atoms with van der Waals surface area (Å²) in [6, 6.07) is 8.49. The Morgan fingerprint density at radius 1 is 1.43 bits per heavy atom. The molecule has 3 N–H and O–H groups in total. The highest BCUT2D eigenvalue weighted by Gasteiger charge is 2.26. The van der Waals surface area contributed by atoms with Crippen molar-refractivity contribution in [1.29, 1.82) is 0 Å². The van der Waals surface area contributed by atoms with Crippen molar-refractivity contribution in [3.63, 3.8) is 0 Å². The molecule has 0 bridgehead atoms. The van der Waals surface area contributed by atoms with Crippen LogP contribution in [0.15, 0.2) is 24.3 Å². The van der Waals surface area contributed by atoms with Crippen LogP contribution in [0.4, 0.5) is 4.79 Å². The van der Waals surface area contributed by atoms with Gasteiger partial charge in [-0.1, -0.05) is 24.3 Å². The number of carbonyl (C=O) groups excluding carboxylic acids is 1. The molecule has 0 aliphatic heterocycles. The first-order chi connectivity index (χ1) is 9.89. The fourth-order valence-corrected chi connectivity index (χ4v) is 2.92. The van der Waals surface area contributed by atoms with Crippen LogP contribution in [0.25, 0.3) is 0 Å². The summed E-state index contributed by atoms with van der Waals surface area (Å²) in [7, 11) is 0. The maximum absolute atomic E-state index is 11.9. The molecule has 4 heteroatoms. The van der Waals surface area contributed by atoms with Crippen LogP contribution in [0.3, 0.4) is 0 Å². The van der Waals surface area contributed by atoms with Gasteiger partial charge in [0.25, 0.3) is 0 Å². The highest BCUT2D eigenvalue weighted by Crippen LogP contribution is 2.35. The largest absolute Gasteiger partial charge is 0.444 e. The van der Waals surface area contributed by atoms with Crippen LogP contribution in [-0.2, 0) is 11.2 Å². The maximum Gasteiger partial charge on any atom is 0.407 e. The molecule has 0 fully saturated rings. The highest BCUT2D eigenvalue weighted by molar-refractivity contribution is 5.68. The second-order valence-electron chi connectivity index (χ2n) is 6.75. The van der Waals surface area contributed by atoms with Gasteiger partial charge in [0.15, 0.2) is 0 Å². The van der Waals surface area contributed by atoms with E-state index in [0.29, 0.717) is 12.5 Å². The topological polar surface area (TPSA) is 64.3 Å². The average molecular weight is 290 g/mol. The summed E-state index contributed by atoms with van der Waals surface area (Å²) in [5.74, 6) is 0.477. The number of hydrogen-bond donors (Lipinski definition) is 2. The standard InChI is InChI=1S/C17H26N2O2/c1-17(2,3)21-16(20)19-14(11-18)10-13-9-8-12-6-4-5-7-15(12)13/h4-7,13-14H,8-11,18H2,1-3H3,(H,19,20). The predicted molar refractivity (Wildman–Crippen MR) is 84.3 cm³/mol. The first-order valence-corrected chi connectivity index (χ1v) is 7.66. The number of carbonyl (C=O) groups is 1. The molecule has 2 atom stereocenters. The molecular formula is C17H26N2O2. The molecule has 21 heavy (non-hydrogen) atoms. The van der Waals surface area contributed by atoms with E-state index < -0.39 is 5.60 Å². The third-order valence-electron chi connectivity index (χ3n) is 3.83. The zero-order chi connectivity index (χ0) is 15.5. The molecule has 0 aromatic heterocycles. The summed E-state index contributed by atoms with van der Waals surface area (Å²) in [6.45, 7) is 6.00. The number of ether oxygens (including phenoxy) is 1. The van der Waals surface area contributed by atoms with Gasteiger partial charge in [0.2, 0.25) is 0 Å². The summed E-state index contributed by atoms with van der Waals surface area (Å²) in [5, 5.41) is 2.89. The molecule has 2 rings (SSSR count).